The minimum atomic E-state index is 0.740. The SMILES string of the molecule is CNOCCN(C)C. The standard InChI is InChI=1S/C5H14N2O/c1-6-8-5-4-7(2)3/h6H,4-5H2,1-3H3. The van der Waals surface area contributed by atoms with E-state index in [-0.39, 0.29) is 0 Å². The maximum atomic E-state index is 4.85. The zero-order chi connectivity index (χ0) is 6.41. The van der Waals surface area contributed by atoms with Crippen LogP contribution in [-0.4, -0.2) is 39.2 Å². The van der Waals surface area contributed by atoms with E-state index in [1.807, 2.05) is 14.1 Å². The highest BCUT2D eigenvalue weighted by atomic mass is 16.6. The molecule has 3 nitrogen and oxygen atoms in total. The second kappa shape index (κ2) is 5.03. The van der Waals surface area contributed by atoms with E-state index >= 15 is 0 Å². The monoisotopic (exact) mass is 118 g/mol. The van der Waals surface area contributed by atoms with Gasteiger partial charge in [-0.1, -0.05) is 0 Å². The van der Waals surface area contributed by atoms with Crippen LogP contribution in [0.25, 0.3) is 0 Å². The van der Waals surface area contributed by atoms with Crippen molar-refractivity contribution in [2.45, 2.75) is 0 Å². The Morgan fingerprint density at radius 1 is 1.50 bits per heavy atom. The molecule has 1 N–H and O–H groups in total. The number of nitrogens with one attached hydrogen (secondary N) is 1. The van der Waals surface area contributed by atoms with E-state index in [0.29, 0.717) is 0 Å². The van der Waals surface area contributed by atoms with E-state index in [1.54, 1.807) is 7.05 Å². The second-order valence-electron chi connectivity index (χ2n) is 1.86. The van der Waals surface area contributed by atoms with Crippen LogP contribution in [0.4, 0.5) is 0 Å². The predicted octanol–water partition coefficient (Wildman–Crippen LogP) is -0.301. The zero-order valence-corrected chi connectivity index (χ0v) is 5.77. The Morgan fingerprint density at radius 2 is 2.12 bits per heavy atom. The van der Waals surface area contributed by atoms with Gasteiger partial charge in [0.15, 0.2) is 0 Å². The minimum absolute atomic E-state index is 0.740. The summed E-state index contributed by atoms with van der Waals surface area (Å²) in [6.45, 7) is 1.70. The predicted molar refractivity (Wildman–Crippen MR) is 33.6 cm³/mol. The van der Waals surface area contributed by atoms with E-state index in [1.165, 1.54) is 0 Å². The lowest BCUT2D eigenvalue weighted by atomic mass is 10.6. The Labute approximate surface area is 50.6 Å². The first-order chi connectivity index (χ1) is 3.77. The number of rotatable bonds is 4. The zero-order valence-electron chi connectivity index (χ0n) is 5.77. The van der Waals surface area contributed by atoms with Crippen molar-refractivity contribution in [3.05, 3.63) is 0 Å². The van der Waals surface area contributed by atoms with Crippen molar-refractivity contribution in [3.8, 4) is 0 Å². The van der Waals surface area contributed by atoms with Gasteiger partial charge in [0.1, 0.15) is 0 Å². The maximum absolute atomic E-state index is 4.85. The van der Waals surface area contributed by atoms with E-state index in [9.17, 15) is 0 Å². The molecule has 0 spiro atoms. The van der Waals surface area contributed by atoms with Crippen LogP contribution in [0.5, 0.6) is 0 Å². The van der Waals surface area contributed by atoms with Gasteiger partial charge in [-0.2, -0.15) is 0 Å². The smallest absolute Gasteiger partial charge is 0.0808 e. The molecule has 0 aliphatic carbocycles. The molecule has 0 aliphatic rings. The molecule has 0 fully saturated rings. The Hall–Kier alpha value is -0.120. The number of hydrogen-bond acceptors (Lipinski definition) is 3. The molecule has 0 saturated heterocycles. The van der Waals surface area contributed by atoms with Gasteiger partial charge in [0.2, 0.25) is 0 Å². The summed E-state index contributed by atoms with van der Waals surface area (Å²) in [4.78, 5) is 6.92. The number of likely N-dealkylation sites (N-methyl/N-ethyl adjacent to an activating group) is 1. The molecular weight excluding hydrogens is 104 g/mol. The topological polar surface area (TPSA) is 24.5 Å². The highest BCUT2D eigenvalue weighted by Gasteiger charge is 1.86. The minimum Gasteiger partial charge on any atom is -0.307 e. The summed E-state index contributed by atoms with van der Waals surface area (Å²) in [5, 5.41) is 0. The lowest BCUT2D eigenvalue weighted by molar-refractivity contribution is 0.0481. The van der Waals surface area contributed by atoms with Gasteiger partial charge in [0, 0.05) is 13.6 Å². The van der Waals surface area contributed by atoms with Crippen LogP contribution in [0.2, 0.25) is 0 Å². The fraction of sp³-hybridized carbons (Fsp3) is 1.00. The van der Waals surface area contributed by atoms with Crippen LogP contribution in [0.1, 0.15) is 0 Å². The summed E-state index contributed by atoms with van der Waals surface area (Å²) in [6.07, 6.45) is 0. The third-order valence-corrected chi connectivity index (χ3v) is 0.785. The molecule has 0 heterocycles. The molecule has 0 aliphatic heterocycles. The summed E-state index contributed by atoms with van der Waals surface area (Å²) in [6, 6.07) is 0. The van der Waals surface area contributed by atoms with E-state index in [2.05, 4.69) is 10.4 Å². The van der Waals surface area contributed by atoms with Crippen molar-refractivity contribution in [2.24, 2.45) is 0 Å². The van der Waals surface area contributed by atoms with Crippen LogP contribution in [0, 0.1) is 0 Å². The summed E-state index contributed by atoms with van der Waals surface area (Å²) in [5.41, 5.74) is 2.60. The molecule has 0 bridgehead atoms. The number of hydrogen-bond donors (Lipinski definition) is 1. The van der Waals surface area contributed by atoms with E-state index in [4.69, 9.17) is 4.84 Å². The van der Waals surface area contributed by atoms with Gasteiger partial charge >= 0.3 is 0 Å². The summed E-state index contributed by atoms with van der Waals surface area (Å²) < 4.78 is 0. The van der Waals surface area contributed by atoms with Crippen molar-refractivity contribution in [2.75, 3.05) is 34.3 Å². The Kier molecular flexibility index (Phi) is 4.95. The molecule has 0 radical (unpaired) electrons. The first-order valence-corrected chi connectivity index (χ1v) is 2.70. The summed E-state index contributed by atoms with van der Waals surface area (Å²) in [7, 11) is 5.79. The third kappa shape index (κ3) is 5.88. The quantitative estimate of drug-likeness (QED) is 0.405. The van der Waals surface area contributed by atoms with E-state index in [0.717, 1.165) is 13.2 Å². The van der Waals surface area contributed by atoms with Gasteiger partial charge in [0.25, 0.3) is 0 Å². The van der Waals surface area contributed by atoms with Crippen molar-refractivity contribution in [1.82, 2.24) is 10.4 Å². The Bertz CT molecular complexity index is 47.7. The van der Waals surface area contributed by atoms with Gasteiger partial charge in [0.05, 0.1) is 6.61 Å². The van der Waals surface area contributed by atoms with Crippen molar-refractivity contribution >= 4 is 0 Å². The van der Waals surface area contributed by atoms with Crippen LogP contribution in [-0.2, 0) is 4.84 Å². The molecule has 0 saturated carbocycles. The van der Waals surface area contributed by atoms with Crippen molar-refractivity contribution < 1.29 is 4.84 Å². The van der Waals surface area contributed by atoms with Crippen LogP contribution >= 0.6 is 0 Å². The molecule has 0 aromatic carbocycles. The Morgan fingerprint density at radius 3 is 2.50 bits per heavy atom. The molecule has 0 aromatic heterocycles. The number of nitrogens with zero attached hydrogens (tertiary/aromatic N) is 1. The summed E-state index contributed by atoms with van der Waals surface area (Å²) >= 11 is 0. The average Bonchev–Trinajstić information content (AvgIpc) is 1.66. The van der Waals surface area contributed by atoms with Gasteiger partial charge in [-0.05, 0) is 14.1 Å². The number of hydroxylamine groups is 1. The molecule has 0 rings (SSSR count). The van der Waals surface area contributed by atoms with E-state index < -0.39 is 0 Å². The largest absolute Gasteiger partial charge is 0.307 e. The highest BCUT2D eigenvalue weighted by molar-refractivity contribution is 4.36. The third-order valence-electron chi connectivity index (χ3n) is 0.785. The molecule has 0 aromatic rings. The average molecular weight is 118 g/mol. The van der Waals surface area contributed by atoms with Crippen molar-refractivity contribution in [3.63, 3.8) is 0 Å². The fourth-order valence-electron chi connectivity index (χ4n) is 0.330. The molecule has 8 heavy (non-hydrogen) atoms. The molecule has 0 unspecified atom stereocenters. The first-order valence-electron chi connectivity index (χ1n) is 2.70. The van der Waals surface area contributed by atoms with Gasteiger partial charge in [-0.3, -0.25) is 0 Å². The highest BCUT2D eigenvalue weighted by Crippen LogP contribution is 1.71. The van der Waals surface area contributed by atoms with Gasteiger partial charge in [-0.25, -0.2) is 5.48 Å². The molecule has 3 heteroatoms. The molecule has 0 amide bonds. The van der Waals surface area contributed by atoms with Crippen LogP contribution in [0.15, 0.2) is 0 Å². The van der Waals surface area contributed by atoms with Crippen LogP contribution in [0.3, 0.4) is 0 Å². The molecular formula is C5H14N2O. The first kappa shape index (κ1) is 7.88. The Balaban J connectivity index is 2.72. The maximum Gasteiger partial charge on any atom is 0.0808 e. The fourth-order valence-corrected chi connectivity index (χ4v) is 0.330. The lowest BCUT2D eigenvalue weighted by Gasteiger charge is -2.07. The second-order valence-corrected chi connectivity index (χ2v) is 1.86. The van der Waals surface area contributed by atoms with Crippen molar-refractivity contribution in [1.29, 1.82) is 0 Å². The van der Waals surface area contributed by atoms with Gasteiger partial charge < -0.3 is 9.74 Å². The summed E-state index contributed by atoms with van der Waals surface area (Å²) in [5.74, 6) is 0. The lowest BCUT2D eigenvalue weighted by Crippen LogP contribution is -2.21. The van der Waals surface area contributed by atoms with Crippen LogP contribution < -0.4 is 5.48 Å². The normalized spacial score (nSPS) is 10.5. The molecule has 0 atom stereocenters. The molecule has 50 valence electrons. The van der Waals surface area contributed by atoms with Gasteiger partial charge in [-0.15, -0.1) is 0 Å².